The van der Waals surface area contributed by atoms with Crippen molar-refractivity contribution in [3.05, 3.63) is 82.1 Å². The number of anilines is 1. The van der Waals surface area contributed by atoms with Crippen molar-refractivity contribution in [3.63, 3.8) is 0 Å². The van der Waals surface area contributed by atoms with E-state index in [1.165, 1.54) is 31.4 Å². The predicted molar refractivity (Wildman–Crippen MR) is 126 cm³/mol. The van der Waals surface area contributed by atoms with Crippen LogP contribution >= 0.6 is 0 Å². The van der Waals surface area contributed by atoms with Crippen LogP contribution in [-0.2, 0) is 4.79 Å². The Balaban J connectivity index is 1.50. The Morgan fingerprint density at radius 1 is 1.12 bits per heavy atom. The molecule has 0 bridgehead atoms. The first-order valence-corrected chi connectivity index (χ1v) is 10.6. The molecular formula is C25H22N4O5. The third-order valence-corrected chi connectivity index (χ3v) is 5.61. The van der Waals surface area contributed by atoms with Crippen LogP contribution in [0.15, 0.2) is 70.7 Å². The Morgan fingerprint density at radius 3 is 2.50 bits per heavy atom. The van der Waals surface area contributed by atoms with Gasteiger partial charge in [0.1, 0.15) is 28.9 Å². The quantitative estimate of drug-likeness (QED) is 0.236. The zero-order valence-electron chi connectivity index (χ0n) is 18.5. The maximum Gasteiger partial charge on any atom is 0.270 e. The van der Waals surface area contributed by atoms with Gasteiger partial charge in [-0.1, -0.05) is 18.2 Å². The summed E-state index contributed by atoms with van der Waals surface area (Å²) in [4.78, 5) is 27.4. The summed E-state index contributed by atoms with van der Waals surface area (Å²) in [6.45, 7) is 2.35. The number of para-hydroxylation sites is 1. The summed E-state index contributed by atoms with van der Waals surface area (Å²) in [7, 11) is 1.46. The first-order valence-electron chi connectivity index (χ1n) is 10.6. The molecule has 0 atom stereocenters. The molecule has 1 fully saturated rings. The van der Waals surface area contributed by atoms with E-state index in [1.807, 2.05) is 36.4 Å². The van der Waals surface area contributed by atoms with Gasteiger partial charge in [-0.15, -0.1) is 0 Å². The summed E-state index contributed by atoms with van der Waals surface area (Å²) in [5.74, 6) is 0.661. The normalized spacial score (nSPS) is 13.9. The first-order chi connectivity index (χ1) is 16.5. The van der Waals surface area contributed by atoms with Crippen molar-refractivity contribution in [1.29, 1.82) is 5.26 Å². The first kappa shape index (κ1) is 22.6. The molecule has 2 aromatic carbocycles. The number of benzene rings is 2. The monoisotopic (exact) mass is 458 g/mol. The number of piperazine rings is 1. The maximum atomic E-state index is 13.0. The maximum absolute atomic E-state index is 13.0. The van der Waals surface area contributed by atoms with Crippen LogP contribution in [0.25, 0.3) is 17.4 Å². The molecule has 1 aliphatic heterocycles. The number of nitro benzene ring substituents is 1. The van der Waals surface area contributed by atoms with E-state index in [4.69, 9.17) is 9.15 Å². The molecule has 4 rings (SSSR count). The summed E-state index contributed by atoms with van der Waals surface area (Å²) in [6.07, 6.45) is 1.39. The second kappa shape index (κ2) is 9.92. The number of amides is 1. The van der Waals surface area contributed by atoms with E-state index < -0.39 is 4.92 Å². The Kier molecular flexibility index (Phi) is 6.59. The summed E-state index contributed by atoms with van der Waals surface area (Å²) >= 11 is 0. The highest BCUT2D eigenvalue weighted by Gasteiger charge is 2.24. The fraction of sp³-hybridized carbons (Fsp3) is 0.200. The van der Waals surface area contributed by atoms with Crippen LogP contribution in [0.4, 0.5) is 11.4 Å². The van der Waals surface area contributed by atoms with Gasteiger partial charge in [0.05, 0.1) is 17.6 Å². The molecule has 0 aliphatic carbocycles. The van der Waals surface area contributed by atoms with Crippen LogP contribution in [0.2, 0.25) is 0 Å². The van der Waals surface area contributed by atoms with Gasteiger partial charge in [-0.2, -0.15) is 5.26 Å². The molecule has 0 saturated carbocycles. The van der Waals surface area contributed by atoms with E-state index in [2.05, 4.69) is 4.90 Å². The van der Waals surface area contributed by atoms with Crippen LogP contribution in [0, 0.1) is 21.4 Å². The molecular weight excluding hydrogens is 436 g/mol. The predicted octanol–water partition coefficient (Wildman–Crippen LogP) is 4.12. The average Bonchev–Trinajstić information content (AvgIpc) is 3.35. The number of nitrogens with zero attached hydrogens (tertiary/aromatic N) is 4. The summed E-state index contributed by atoms with van der Waals surface area (Å²) < 4.78 is 11.1. The van der Waals surface area contributed by atoms with Gasteiger partial charge in [0.2, 0.25) is 0 Å². The summed E-state index contributed by atoms with van der Waals surface area (Å²) in [5.41, 5.74) is 1.36. The number of nitriles is 1. The van der Waals surface area contributed by atoms with Gasteiger partial charge in [-0.3, -0.25) is 14.9 Å². The van der Waals surface area contributed by atoms with Gasteiger partial charge in [0.15, 0.2) is 0 Å². The second-order valence-corrected chi connectivity index (χ2v) is 7.63. The molecule has 1 aromatic heterocycles. The lowest BCUT2D eigenvalue weighted by molar-refractivity contribution is -0.384. The third kappa shape index (κ3) is 4.76. The molecule has 2 heterocycles. The van der Waals surface area contributed by atoms with E-state index in [1.54, 1.807) is 17.0 Å². The topological polar surface area (TPSA) is 113 Å². The van der Waals surface area contributed by atoms with Crippen molar-refractivity contribution in [2.75, 3.05) is 38.2 Å². The Bertz CT molecular complexity index is 1270. The van der Waals surface area contributed by atoms with Gasteiger partial charge in [0, 0.05) is 50.1 Å². The number of nitro groups is 1. The Labute approximate surface area is 196 Å². The molecule has 0 N–H and O–H groups in total. The van der Waals surface area contributed by atoms with E-state index in [0.29, 0.717) is 43.3 Å². The van der Waals surface area contributed by atoms with Gasteiger partial charge >= 0.3 is 0 Å². The molecule has 1 amide bonds. The average molecular weight is 458 g/mol. The molecule has 0 radical (unpaired) electrons. The van der Waals surface area contributed by atoms with Crippen molar-refractivity contribution >= 4 is 23.4 Å². The van der Waals surface area contributed by atoms with E-state index in [0.717, 1.165) is 5.69 Å². The smallest absolute Gasteiger partial charge is 0.270 e. The van der Waals surface area contributed by atoms with Crippen LogP contribution in [-0.4, -0.2) is 49.0 Å². The second-order valence-electron chi connectivity index (χ2n) is 7.63. The Hall–Kier alpha value is -4.58. The van der Waals surface area contributed by atoms with Crippen LogP contribution < -0.4 is 9.64 Å². The molecule has 9 heteroatoms. The van der Waals surface area contributed by atoms with E-state index in [9.17, 15) is 20.2 Å². The number of ether oxygens (including phenoxy) is 1. The molecule has 3 aromatic rings. The fourth-order valence-corrected chi connectivity index (χ4v) is 3.84. The number of methoxy groups -OCH3 is 1. The van der Waals surface area contributed by atoms with E-state index >= 15 is 0 Å². The molecule has 0 spiro atoms. The largest absolute Gasteiger partial charge is 0.496 e. The van der Waals surface area contributed by atoms with Crippen molar-refractivity contribution in [2.45, 2.75) is 0 Å². The SMILES string of the molecule is COc1ccc([N+](=O)[O-])cc1-c1ccc(C=C(C#N)C(=O)N2CCN(c3ccccc3)CC2)o1. The Morgan fingerprint density at radius 2 is 1.85 bits per heavy atom. The number of rotatable bonds is 6. The van der Waals surface area contributed by atoms with Crippen LogP contribution in [0.1, 0.15) is 5.76 Å². The highest BCUT2D eigenvalue weighted by Crippen LogP contribution is 2.34. The zero-order valence-corrected chi connectivity index (χ0v) is 18.5. The minimum absolute atomic E-state index is 0.0416. The highest BCUT2D eigenvalue weighted by atomic mass is 16.6. The lowest BCUT2D eigenvalue weighted by Gasteiger charge is -2.36. The lowest BCUT2D eigenvalue weighted by atomic mass is 10.1. The molecule has 1 saturated heterocycles. The third-order valence-electron chi connectivity index (χ3n) is 5.61. The van der Waals surface area contributed by atoms with Crippen molar-refractivity contribution < 1.29 is 18.9 Å². The van der Waals surface area contributed by atoms with Gasteiger partial charge < -0.3 is 19.0 Å². The molecule has 172 valence electrons. The number of hydrogen-bond acceptors (Lipinski definition) is 7. The van der Waals surface area contributed by atoms with Crippen molar-refractivity contribution in [2.24, 2.45) is 0 Å². The lowest BCUT2D eigenvalue weighted by Crippen LogP contribution is -2.49. The number of carbonyl (C=O) groups excluding carboxylic acids is 1. The number of hydrogen-bond donors (Lipinski definition) is 0. The number of non-ortho nitro benzene ring substituents is 1. The van der Waals surface area contributed by atoms with Crippen molar-refractivity contribution in [3.8, 4) is 23.1 Å². The molecule has 0 unspecified atom stereocenters. The minimum atomic E-state index is -0.503. The standard InChI is InChI=1S/C25H22N4O5/c1-33-23-9-7-20(29(31)32)16-22(23)24-10-8-21(34-24)15-18(17-26)25(30)28-13-11-27(12-14-28)19-5-3-2-4-6-19/h2-10,15-16H,11-14H2,1H3. The molecule has 1 aliphatic rings. The summed E-state index contributed by atoms with van der Waals surface area (Å²) in [6, 6.07) is 19.4. The highest BCUT2D eigenvalue weighted by molar-refractivity contribution is 6.01. The number of furan rings is 1. The number of carbonyl (C=O) groups is 1. The fourth-order valence-electron chi connectivity index (χ4n) is 3.84. The van der Waals surface area contributed by atoms with Gasteiger partial charge in [-0.25, -0.2) is 0 Å². The molecule has 9 nitrogen and oxygen atoms in total. The van der Waals surface area contributed by atoms with Crippen molar-refractivity contribution in [1.82, 2.24) is 4.90 Å². The minimum Gasteiger partial charge on any atom is -0.496 e. The van der Waals surface area contributed by atoms with Crippen LogP contribution in [0.3, 0.4) is 0 Å². The van der Waals surface area contributed by atoms with Crippen LogP contribution in [0.5, 0.6) is 5.75 Å². The molecule has 34 heavy (non-hydrogen) atoms. The summed E-state index contributed by atoms with van der Waals surface area (Å²) in [5, 5.41) is 20.8. The van der Waals surface area contributed by atoms with E-state index in [-0.39, 0.29) is 22.9 Å². The zero-order chi connectivity index (χ0) is 24.1. The van der Waals surface area contributed by atoms with Gasteiger partial charge in [-0.05, 0) is 30.3 Å². The van der Waals surface area contributed by atoms with Gasteiger partial charge in [0.25, 0.3) is 11.6 Å².